The maximum atomic E-state index is 12.0. The van der Waals surface area contributed by atoms with Gasteiger partial charge in [0.25, 0.3) is 0 Å². The van der Waals surface area contributed by atoms with E-state index in [4.69, 9.17) is 9.84 Å². The number of aromatic nitrogens is 1. The van der Waals surface area contributed by atoms with E-state index in [0.717, 1.165) is 6.42 Å². The predicted molar refractivity (Wildman–Crippen MR) is 73.4 cm³/mol. The van der Waals surface area contributed by atoms with Crippen LogP contribution in [-0.4, -0.2) is 44.3 Å². The SMILES string of the molecule is CCn1cc(S(=O)(=O)NCCCCOC)cc1C(=O)O. The van der Waals surface area contributed by atoms with Gasteiger partial charge in [-0.15, -0.1) is 0 Å². The molecule has 0 radical (unpaired) electrons. The third-order valence-electron chi connectivity index (χ3n) is 2.81. The highest BCUT2D eigenvalue weighted by Gasteiger charge is 2.20. The summed E-state index contributed by atoms with van der Waals surface area (Å²) in [7, 11) is -2.08. The molecule has 0 spiro atoms. The van der Waals surface area contributed by atoms with Crippen molar-refractivity contribution in [2.75, 3.05) is 20.3 Å². The number of aryl methyl sites for hydroxylation is 1. The lowest BCUT2D eigenvalue weighted by Crippen LogP contribution is -2.24. The van der Waals surface area contributed by atoms with Gasteiger partial charge in [-0.1, -0.05) is 0 Å². The predicted octanol–water partition coefficient (Wildman–Crippen LogP) is 0.911. The van der Waals surface area contributed by atoms with Gasteiger partial charge in [0.05, 0.1) is 0 Å². The second-order valence-corrected chi connectivity index (χ2v) is 6.02. The van der Waals surface area contributed by atoms with Crippen molar-refractivity contribution >= 4 is 16.0 Å². The Morgan fingerprint density at radius 2 is 2.15 bits per heavy atom. The number of unbranched alkanes of at least 4 members (excludes halogenated alkanes) is 1. The minimum atomic E-state index is -3.67. The zero-order valence-electron chi connectivity index (χ0n) is 11.6. The van der Waals surface area contributed by atoms with Crippen molar-refractivity contribution in [3.8, 4) is 0 Å². The van der Waals surface area contributed by atoms with Crippen molar-refractivity contribution in [3.63, 3.8) is 0 Å². The number of hydrogen-bond acceptors (Lipinski definition) is 4. The Labute approximate surface area is 118 Å². The summed E-state index contributed by atoms with van der Waals surface area (Å²) >= 11 is 0. The van der Waals surface area contributed by atoms with Crippen molar-refractivity contribution < 1.29 is 23.1 Å². The normalized spacial score (nSPS) is 11.7. The largest absolute Gasteiger partial charge is 0.477 e. The summed E-state index contributed by atoms with van der Waals surface area (Å²) in [5, 5.41) is 9.00. The number of aromatic carboxylic acids is 1. The van der Waals surface area contributed by atoms with Gasteiger partial charge in [-0.05, 0) is 25.8 Å². The molecule has 1 aromatic rings. The molecule has 1 rings (SSSR count). The van der Waals surface area contributed by atoms with E-state index in [1.807, 2.05) is 0 Å². The molecular weight excluding hydrogens is 284 g/mol. The van der Waals surface area contributed by atoms with E-state index in [9.17, 15) is 13.2 Å². The molecule has 8 heteroatoms. The average Bonchev–Trinajstić information content (AvgIpc) is 2.83. The fourth-order valence-corrected chi connectivity index (χ4v) is 2.85. The summed E-state index contributed by atoms with van der Waals surface area (Å²) in [6.45, 7) is 3.02. The molecule has 0 fully saturated rings. The highest BCUT2D eigenvalue weighted by Crippen LogP contribution is 2.14. The second-order valence-electron chi connectivity index (χ2n) is 4.25. The van der Waals surface area contributed by atoms with Crippen molar-refractivity contribution in [1.82, 2.24) is 9.29 Å². The van der Waals surface area contributed by atoms with Crippen LogP contribution < -0.4 is 4.72 Å². The van der Waals surface area contributed by atoms with Crippen LogP contribution in [0.4, 0.5) is 0 Å². The Kier molecular flexibility index (Phi) is 6.18. The molecule has 0 unspecified atom stereocenters. The number of carbonyl (C=O) groups is 1. The van der Waals surface area contributed by atoms with Crippen LogP contribution in [-0.2, 0) is 21.3 Å². The van der Waals surface area contributed by atoms with Gasteiger partial charge in [-0.3, -0.25) is 0 Å². The summed E-state index contributed by atoms with van der Waals surface area (Å²) in [4.78, 5) is 11.0. The van der Waals surface area contributed by atoms with E-state index < -0.39 is 16.0 Å². The van der Waals surface area contributed by atoms with Gasteiger partial charge in [-0.25, -0.2) is 17.9 Å². The van der Waals surface area contributed by atoms with Crippen LogP contribution in [0.1, 0.15) is 30.3 Å². The molecule has 0 bridgehead atoms. The lowest BCUT2D eigenvalue weighted by atomic mass is 10.3. The van der Waals surface area contributed by atoms with E-state index in [1.165, 1.54) is 16.8 Å². The smallest absolute Gasteiger partial charge is 0.352 e. The zero-order chi connectivity index (χ0) is 15.2. The third kappa shape index (κ3) is 4.32. The first-order valence-electron chi connectivity index (χ1n) is 6.34. The number of nitrogens with zero attached hydrogens (tertiary/aromatic N) is 1. The molecule has 0 aromatic carbocycles. The second kappa shape index (κ2) is 7.41. The fourth-order valence-electron chi connectivity index (χ4n) is 1.73. The number of hydrogen-bond donors (Lipinski definition) is 2. The zero-order valence-corrected chi connectivity index (χ0v) is 12.4. The summed E-state index contributed by atoms with van der Waals surface area (Å²) in [5.74, 6) is -1.15. The lowest BCUT2D eigenvalue weighted by Gasteiger charge is -2.04. The summed E-state index contributed by atoms with van der Waals surface area (Å²) in [6.07, 6.45) is 2.75. The highest BCUT2D eigenvalue weighted by molar-refractivity contribution is 7.89. The molecule has 0 aliphatic rings. The molecule has 1 aromatic heterocycles. The molecule has 0 atom stereocenters. The Morgan fingerprint density at radius 1 is 1.45 bits per heavy atom. The quantitative estimate of drug-likeness (QED) is 0.661. The minimum absolute atomic E-state index is 0.0245. The number of methoxy groups -OCH3 is 1. The van der Waals surface area contributed by atoms with E-state index in [1.54, 1.807) is 14.0 Å². The first-order chi connectivity index (χ1) is 9.42. The maximum Gasteiger partial charge on any atom is 0.352 e. The molecule has 20 heavy (non-hydrogen) atoms. The summed E-state index contributed by atoms with van der Waals surface area (Å²) < 4.78 is 32.8. The molecule has 0 saturated heterocycles. The van der Waals surface area contributed by atoms with Gasteiger partial charge in [0.2, 0.25) is 10.0 Å². The van der Waals surface area contributed by atoms with Gasteiger partial charge in [0.15, 0.2) is 0 Å². The minimum Gasteiger partial charge on any atom is -0.477 e. The Hall–Kier alpha value is -1.38. The van der Waals surface area contributed by atoms with Gasteiger partial charge >= 0.3 is 5.97 Å². The average molecular weight is 304 g/mol. The van der Waals surface area contributed by atoms with Crippen LogP contribution in [0.2, 0.25) is 0 Å². The van der Waals surface area contributed by atoms with Crippen LogP contribution in [0.15, 0.2) is 17.2 Å². The Bertz CT molecular complexity index is 550. The van der Waals surface area contributed by atoms with E-state index in [-0.39, 0.29) is 10.6 Å². The van der Waals surface area contributed by atoms with Crippen LogP contribution in [0.25, 0.3) is 0 Å². The van der Waals surface area contributed by atoms with Gasteiger partial charge in [-0.2, -0.15) is 0 Å². The topological polar surface area (TPSA) is 97.6 Å². The molecule has 1 heterocycles. The van der Waals surface area contributed by atoms with Crippen LogP contribution in [0, 0.1) is 0 Å². The van der Waals surface area contributed by atoms with Gasteiger partial charge in [0.1, 0.15) is 10.6 Å². The lowest BCUT2D eigenvalue weighted by molar-refractivity contribution is 0.0685. The molecule has 0 aliphatic heterocycles. The third-order valence-corrected chi connectivity index (χ3v) is 4.24. The number of carboxylic acid groups (broad SMARTS) is 1. The number of carboxylic acids is 1. The molecule has 7 nitrogen and oxygen atoms in total. The fraction of sp³-hybridized carbons (Fsp3) is 0.583. The molecule has 2 N–H and O–H groups in total. The first-order valence-corrected chi connectivity index (χ1v) is 7.82. The van der Waals surface area contributed by atoms with E-state index >= 15 is 0 Å². The maximum absolute atomic E-state index is 12.0. The molecule has 114 valence electrons. The van der Waals surface area contributed by atoms with Crippen molar-refractivity contribution in [2.45, 2.75) is 31.2 Å². The molecule has 0 aliphatic carbocycles. The van der Waals surface area contributed by atoms with Crippen LogP contribution >= 0.6 is 0 Å². The standard InChI is InChI=1S/C12H20N2O5S/c1-3-14-9-10(8-11(14)12(15)16)20(17,18)13-6-4-5-7-19-2/h8-9,13H,3-7H2,1-2H3,(H,15,16). The summed E-state index contributed by atoms with van der Waals surface area (Å²) in [6, 6.07) is 1.17. The number of rotatable bonds is 9. The Balaban J connectivity index is 2.75. The van der Waals surface area contributed by atoms with Gasteiger partial charge < -0.3 is 14.4 Å². The molecule has 0 amide bonds. The van der Waals surface area contributed by atoms with Crippen molar-refractivity contribution in [3.05, 3.63) is 18.0 Å². The first kappa shape index (κ1) is 16.7. The highest BCUT2D eigenvalue weighted by atomic mass is 32.2. The monoisotopic (exact) mass is 304 g/mol. The van der Waals surface area contributed by atoms with E-state index in [0.29, 0.717) is 26.1 Å². The number of sulfonamides is 1. The van der Waals surface area contributed by atoms with Crippen LogP contribution in [0.3, 0.4) is 0 Å². The summed E-state index contributed by atoms with van der Waals surface area (Å²) in [5.41, 5.74) is -0.0349. The molecule has 0 saturated carbocycles. The van der Waals surface area contributed by atoms with Crippen molar-refractivity contribution in [2.24, 2.45) is 0 Å². The van der Waals surface area contributed by atoms with Crippen molar-refractivity contribution in [1.29, 1.82) is 0 Å². The number of ether oxygens (including phenoxy) is 1. The Morgan fingerprint density at radius 3 is 2.65 bits per heavy atom. The van der Waals surface area contributed by atoms with Gasteiger partial charge in [0, 0.05) is 33.0 Å². The van der Waals surface area contributed by atoms with E-state index in [2.05, 4.69) is 4.72 Å². The van der Waals surface area contributed by atoms with Crippen LogP contribution in [0.5, 0.6) is 0 Å². The molecular formula is C12H20N2O5S. The number of nitrogens with one attached hydrogen (secondary N) is 1.